The lowest BCUT2D eigenvalue weighted by molar-refractivity contribution is 0.236. The Bertz CT molecular complexity index is 433. The highest BCUT2D eigenvalue weighted by atomic mass is 16.3. The van der Waals surface area contributed by atoms with Crippen molar-refractivity contribution < 1.29 is 5.11 Å². The van der Waals surface area contributed by atoms with Crippen LogP contribution in [-0.2, 0) is 12.8 Å². The van der Waals surface area contributed by atoms with Crippen LogP contribution in [-0.4, -0.2) is 18.3 Å². The lowest BCUT2D eigenvalue weighted by Gasteiger charge is -2.18. The van der Waals surface area contributed by atoms with E-state index >= 15 is 0 Å². The highest BCUT2D eigenvalue weighted by Gasteiger charge is 2.10. The third-order valence-electron chi connectivity index (χ3n) is 3.61. The molecule has 0 aliphatic heterocycles. The van der Waals surface area contributed by atoms with Gasteiger partial charge in [-0.2, -0.15) is 0 Å². The molecule has 0 fully saturated rings. The molecule has 1 atom stereocenters. The quantitative estimate of drug-likeness (QED) is 0.779. The van der Waals surface area contributed by atoms with Crippen LogP contribution in [0.4, 0.5) is 5.69 Å². The van der Waals surface area contributed by atoms with E-state index in [0.717, 1.165) is 12.2 Å². The van der Waals surface area contributed by atoms with E-state index in [-0.39, 0.29) is 12.5 Å². The standard InChI is InChI=1S/C16H21NO/c1-2-5-13(12-18)11-17-16-9-8-14-6-3-4-7-15(14)10-16/h1,8-10,13,17-18H,3-7,11-12H2. The van der Waals surface area contributed by atoms with E-state index in [1.54, 1.807) is 0 Å². The Morgan fingerprint density at radius 1 is 1.28 bits per heavy atom. The maximum Gasteiger partial charge on any atom is 0.0485 e. The molecular formula is C16H21NO. The minimum atomic E-state index is 0.141. The maximum absolute atomic E-state index is 9.19. The van der Waals surface area contributed by atoms with Crippen molar-refractivity contribution in [1.29, 1.82) is 0 Å². The summed E-state index contributed by atoms with van der Waals surface area (Å²) in [5, 5.41) is 12.6. The Balaban J connectivity index is 1.95. The van der Waals surface area contributed by atoms with Crippen LogP contribution in [0.5, 0.6) is 0 Å². The van der Waals surface area contributed by atoms with Gasteiger partial charge in [0, 0.05) is 31.2 Å². The van der Waals surface area contributed by atoms with E-state index in [2.05, 4.69) is 29.4 Å². The largest absolute Gasteiger partial charge is 0.396 e. The van der Waals surface area contributed by atoms with Gasteiger partial charge in [-0.15, -0.1) is 12.3 Å². The van der Waals surface area contributed by atoms with Crippen molar-refractivity contribution in [3.8, 4) is 12.3 Å². The highest BCUT2D eigenvalue weighted by Crippen LogP contribution is 2.24. The number of terminal acetylenes is 1. The normalized spacial score (nSPS) is 15.6. The summed E-state index contributed by atoms with van der Waals surface area (Å²) in [6.45, 7) is 0.877. The molecule has 2 rings (SSSR count). The van der Waals surface area contributed by atoms with Crippen molar-refractivity contribution in [3.05, 3.63) is 29.3 Å². The molecule has 0 bridgehead atoms. The fourth-order valence-electron chi connectivity index (χ4n) is 2.47. The summed E-state index contributed by atoms with van der Waals surface area (Å²) in [4.78, 5) is 0. The molecule has 2 nitrogen and oxygen atoms in total. The van der Waals surface area contributed by atoms with Gasteiger partial charge in [-0.1, -0.05) is 6.07 Å². The van der Waals surface area contributed by atoms with Gasteiger partial charge in [-0.05, 0) is 48.9 Å². The van der Waals surface area contributed by atoms with Crippen LogP contribution in [0.3, 0.4) is 0 Å². The molecule has 0 amide bonds. The third kappa shape index (κ3) is 3.27. The number of aryl methyl sites for hydroxylation is 2. The van der Waals surface area contributed by atoms with Crippen molar-refractivity contribution in [3.63, 3.8) is 0 Å². The zero-order valence-electron chi connectivity index (χ0n) is 10.8. The number of rotatable bonds is 5. The Labute approximate surface area is 109 Å². The summed E-state index contributed by atoms with van der Waals surface area (Å²) in [7, 11) is 0. The van der Waals surface area contributed by atoms with Crippen LogP contribution in [0.1, 0.15) is 30.4 Å². The molecule has 0 heterocycles. The zero-order valence-corrected chi connectivity index (χ0v) is 10.8. The lowest BCUT2D eigenvalue weighted by Crippen LogP contribution is -2.17. The van der Waals surface area contributed by atoms with E-state index in [1.165, 1.54) is 36.8 Å². The van der Waals surface area contributed by atoms with E-state index in [4.69, 9.17) is 6.42 Å². The molecule has 2 heteroatoms. The first-order valence-electron chi connectivity index (χ1n) is 6.73. The van der Waals surface area contributed by atoms with Gasteiger partial charge in [0.15, 0.2) is 0 Å². The molecule has 0 radical (unpaired) electrons. The second-order valence-corrected chi connectivity index (χ2v) is 5.03. The first-order chi connectivity index (χ1) is 8.83. The van der Waals surface area contributed by atoms with E-state index < -0.39 is 0 Å². The van der Waals surface area contributed by atoms with Crippen LogP contribution >= 0.6 is 0 Å². The number of fused-ring (bicyclic) bond motifs is 1. The second-order valence-electron chi connectivity index (χ2n) is 5.03. The predicted molar refractivity (Wildman–Crippen MR) is 75.6 cm³/mol. The summed E-state index contributed by atoms with van der Waals surface area (Å²) in [6, 6.07) is 6.61. The van der Waals surface area contributed by atoms with Crippen LogP contribution < -0.4 is 5.32 Å². The summed E-state index contributed by atoms with van der Waals surface area (Å²) in [5.41, 5.74) is 4.11. The van der Waals surface area contributed by atoms with Crippen LogP contribution in [0.2, 0.25) is 0 Å². The van der Waals surface area contributed by atoms with Gasteiger partial charge in [-0.3, -0.25) is 0 Å². The molecule has 1 unspecified atom stereocenters. The van der Waals surface area contributed by atoms with Crippen molar-refractivity contribution in [2.45, 2.75) is 32.1 Å². The van der Waals surface area contributed by atoms with Gasteiger partial charge in [0.05, 0.1) is 0 Å². The topological polar surface area (TPSA) is 32.3 Å². The number of hydrogen-bond donors (Lipinski definition) is 2. The number of nitrogens with one attached hydrogen (secondary N) is 1. The lowest BCUT2D eigenvalue weighted by atomic mass is 9.91. The molecule has 2 N–H and O–H groups in total. The monoisotopic (exact) mass is 243 g/mol. The molecule has 0 aromatic heterocycles. The summed E-state index contributed by atoms with van der Waals surface area (Å²) >= 11 is 0. The van der Waals surface area contributed by atoms with Gasteiger partial charge in [0.1, 0.15) is 0 Å². The van der Waals surface area contributed by atoms with Crippen LogP contribution in [0, 0.1) is 18.3 Å². The minimum absolute atomic E-state index is 0.141. The van der Waals surface area contributed by atoms with Crippen molar-refractivity contribution in [2.24, 2.45) is 5.92 Å². The Morgan fingerprint density at radius 3 is 2.78 bits per heavy atom. The Morgan fingerprint density at radius 2 is 2.06 bits per heavy atom. The average Bonchev–Trinajstić information content (AvgIpc) is 2.43. The van der Waals surface area contributed by atoms with Crippen molar-refractivity contribution >= 4 is 5.69 Å². The first kappa shape index (κ1) is 13.0. The van der Waals surface area contributed by atoms with Gasteiger partial charge in [0.25, 0.3) is 0 Å². The first-order valence-corrected chi connectivity index (χ1v) is 6.73. The van der Waals surface area contributed by atoms with Gasteiger partial charge < -0.3 is 10.4 Å². The summed E-state index contributed by atoms with van der Waals surface area (Å²) in [5.74, 6) is 2.75. The molecule has 18 heavy (non-hydrogen) atoms. The molecular weight excluding hydrogens is 222 g/mol. The predicted octanol–water partition coefficient (Wildman–Crippen LogP) is 2.61. The van der Waals surface area contributed by atoms with Gasteiger partial charge in [-0.25, -0.2) is 0 Å². The third-order valence-corrected chi connectivity index (χ3v) is 3.61. The van der Waals surface area contributed by atoms with Crippen LogP contribution in [0.25, 0.3) is 0 Å². The minimum Gasteiger partial charge on any atom is -0.396 e. The van der Waals surface area contributed by atoms with E-state index in [1.807, 2.05) is 0 Å². The number of aliphatic hydroxyl groups excluding tert-OH is 1. The molecule has 0 saturated heterocycles. The van der Waals surface area contributed by atoms with Crippen molar-refractivity contribution in [2.75, 3.05) is 18.5 Å². The smallest absolute Gasteiger partial charge is 0.0485 e. The molecule has 1 aromatic carbocycles. The number of anilines is 1. The SMILES string of the molecule is C#CCC(CO)CNc1ccc2c(c1)CCCC2. The van der Waals surface area contributed by atoms with Gasteiger partial charge >= 0.3 is 0 Å². The van der Waals surface area contributed by atoms with E-state index in [0.29, 0.717) is 6.42 Å². The summed E-state index contributed by atoms with van der Waals surface area (Å²) < 4.78 is 0. The fraction of sp³-hybridized carbons (Fsp3) is 0.500. The molecule has 0 spiro atoms. The molecule has 0 saturated carbocycles. The average molecular weight is 243 g/mol. The second kappa shape index (κ2) is 6.47. The number of aliphatic hydroxyl groups is 1. The highest BCUT2D eigenvalue weighted by molar-refractivity contribution is 5.49. The molecule has 1 aliphatic rings. The van der Waals surface area contributed by atoms with Crippen molar-refractivity contribution in [1.82, 2.24) is 0 Å². The number of benzene rings is 1. The Hall–Kier alpha value is -1.46. The Kier molecular flexibility index (Phi) is 4.66. The molecule has 1 aromatic rings. The maximum atomic E-state index is 9.19. The van der Waals surface area contributed by atoms with E-state index in [9.17, 15) is 5.11 Å². The zero-order chi connectivity index (χ0) is 12.8. The summed E-state index contributed by atoms with van der Waals surface area (Å²) in [6.07, 6.45) is 10.9. The fourth-order valence-corrected chi connectivity index (χ4v) is 2.47. The van der Waals surface area contributed by atoms with Gasteiger partial charge in [0.2, 0.25) is 0 Å². The molecule has 1 aliphatic carbocycles. The molecule has 96 valence electrons. The van der Waals surface area contributed by atoms with Crippen LogP contribution in [0.15, 0.2) is 18.2 Å². The number of hydrogen-bond acceptors (Lipinski definition) is 2.